The first-order valence-corrected chi connectivity index (χ1v) is 23.0. The molecule has 3 aromatic heterocycles. The fraction of sp³-hybridized carbons (Fsp3) is 0.375. The van der Waals surface area contributed by atoms with Gasteiger partial charge in [-0.15, -0.1) is 5.10 Å². The molecule has 0 radical (unpaired) electrons. The number of aliphatic hydroxyl groups excluding tert-OH is 1. The summed E-state index contributed by atoms with van der Waals surface area (Å²) in [6.45, 7) is 6.05. The van der Waals surface area contributed by atoms with Crippen LogP contribution in [0.25, 0.3) is 23.3 Å². The number of anilines is 1. The molecule has 0 spiro atoms. The fourth-order valence-electron chi connectivity index (χ4n) is 8.39. The number of carbonyl (C=O) groups excluding carboxylic acids is 1. The highest BCUT2D eigenvalue weighted by Gasteiger charge is 2.47. The molecule has 0 unspecified atom stereocenters. The van der Waals surface area contributed by atoms with E-state index >= 15 is 0 Å². The second-order valence-electron chi connectivity index (χ2n) is 17.0. The average Bonchev–Trinajstić information content (AvgIpc) is 4.08. The molecule has 380 valence electrons. The molecule has 6 atom stereocenters. The van der Waals surface area contributed by atoms with E-state index in [0.29, 0.717) is 68.5 Å². The number of hydrogen-bond acceptors (Lipinski definition) is 19. The smallest absolute Gasteiger partial charge is 0.336 e. The Morgan fingerprint density at radius 2 is 1.67 bits per heavy atom. The van der Waals surface area contributed by atoms with Crippen LogP contribution < -0.4 is 37.7 Å². The summed E-state index contributed by atoms with van der Waals surface area (Å²) in [6, 6.07) is 12.6. The van der Waals surface area contributed by atoms with Crippen LogP contribution in [0.15, 0.2) is 73.4 Å². The van der Waals surface area contributed by atoms with Crippen molar-refractivity contribution in [1.82, 2.24) is 39.8 Å². The summed E-state index contributed by atoms with van der Waals surface area (Å²) in [4.78, 5) is 49.6. The summed E-state index contributed by atoms with van der Waals surface area (Å²) in [7, 11) is 0. The zero-order chi connectivity index (χ0) is 50.9. The number of aromatic nitrogens is 7. The number of hydrogen-bond donors (Lipinski definition) is 8. The number of ether oxygens (including phenoxy) is 6. The number of nitrogens with two attached hydrogens (primary N) is 3. The number of fused-ring (bicyclic) bond motifs is 3. The van der Waals surface area contributed by atoms with Crippen LogP contribution in [-0.4, -0.2) is 149 Å². The van der Waals surface area contributed by atoms with Crippen molar-refractivity contribution in [3.63, 3.8) is 0 Å². The highest BCUT2D eigenvalue weighted by molar-refractivity contribution is 6.02. The van der Waals surface area contributed by atoms with Crippen molar-refractivity contribution in [3.05, 3.63) is 112 Å². The van der Waals surface area contributed by atoms with Gasteiger partial charge in [0.05, 0.1) is 82.7 Å². The number of benzene rings is 3. The fourth-order valence-corrected chi connectivity index (χ4v) is 8.39. The number of aromatic carboxylic acids is 1. The molecule has 1 saturated heterocycles. The largest absolute Gasteiger partial charge is 0.508 e. The van der Waals surface area contributed by atoms with Crippen LogP contribution in [0, 0.1) is 0 Å². The molecule has 5 heterocycles. The van der Waals surface area contributed by atoms with Gasteiger partial charge < -0.3 is 71.4 Å². The number of carbonyl (C=O) groups is 3. The van der Waals surface area contributed by atoms with E-state index in [1.807, 2.05) is 0 Å². The van der Waals surface area contributed by atoms with Gasteiger partial charge in [-0.05, 0) is 66.4 Å². The molecular weight excluding hydrogens is 939 g/mol. The SMILES string of the molecule is C=c1ccc2c(c1)Oc1cc(O)ccc1C=2c1cc(C(=O)NCCOCCOCCOCCn2nncc2CO[C@@H]2[C@H](O)[C@@H](C[C@@H](N)CC[C@H](N)C(=O)O)O[C@H]2n2cnc3c(N)ncnc32)ccc1C(=O)O. The first-order chi connectivity index (χ1) is 34.8. The molecule has 2 aliphatic rings. The molecule has 1 amide bonds. The summed E-state index contributed by atoms with van der Waals surface area (Å²) < 4.78 is 38.9. The number of nitrogens with one attached hydrogen (secondary N) is 1. The van der Waals surface area contributed by atoms with E-state index in [4.69, 9.17) is 50.7 Å². The number of carboxylic acid groups (broad SMARTS) is 2. The van der Waals surface area contributed by atoms with Gasteiger partial charge in [-0.2, -0.15) is 0 Å². The lowest BCUT2D eigenvalue weighted by Crippen LogP contribution is -2.38. The summed E-state index contributed by atoms with van der Waals surface area (Å²) in [5, 5.41) is 53.3. The molecule has 72 heavy (non-hydrogen) atoms. The van der Waals surface area contributed by atoms with Crippen LogP contribution in [0.5, 0.6) is 17.2 Å². The van der Waals surface area contributed by atoms with Gasteiger partial charge in [0, 0.05) is 40.6 Å². The Morgan fingerprint density at radius 1 is 0.889 bits per heavy atom. The van der Waals surface area contributed by atoms with Crippen LogP contribution in [0.3, 0.4) is 0 Å². The van der Waals surface area contributed by atoms with Gasteiger partial charge in [0.2, 0.25) is 0 Å². The number of aliphatic carboxylic acids is 1. The molecule has 0 bridgehead atoms. The first-order valence-electron chi connectivity index (χ1n) is 23.0. The van der Waals surface area contributed by atoms with E-state index in [1.165, 1.54) is 43.0 Å². The van der Waals surface area contributed by atoms with E-state index in [-0.39, 0.29) is 88.3 Å². The summed E-state index contributed by atoms with van der Waals surface area (Å²) in [5.41, 5.74) is 21.0. The van der Waals surface area contributed by atoms with Gasteiger partial charge in [0.15, 0.2) is 17.7 Å². The third-order valence-electron chi connectivity index (χ3n) is 12.1. The zero-order valence-corrected chi connectivity index (χ0v) is 38.9. The monoisotopic (exact) mass is 993 g/mol. The maximum atomic E-state index is 13.3. The van der Waals surface area contributed by atoms with Crippen molar-refractivity contribution < 1.29 is 63.2 Å². The minimum Gasteiger partial charge on any atom is -0.508 e. The molecule has 0 saturated carbocycles. The standard InChI is InChI=1S/C48H55N11O13/c1-26-2-6-32-36(18-26)71-37-21-30(60)5-8-33(37)39(32)34-19-27(3-7-31(34)47(63)64)45(62)52-10-12-67-14-16-69-17-15-68-13-11-59-29(22-56-57-59)23-70-42-41(61)38(20-28(49)4-9-35(50)48(65)66)72-46(42)58-25-55-40-43(51)53-24-54-44(40)58/h2-3,5-8,18-19,21-22,24-25,28,35,38,41-42,46,60-61H,1,4,9-17,20,23,49-50H2,(H,52,62)(H,63,64)(H,65,66)(H2,51,53,54)/t28-,35-,38+,41+,42+,46+/m0/s1. The molecule has 2 aliphatic heterocycles. The van der Waals surface area contributed by atoms with Crippen LogP contribution >= 0.6 is 0 Å². The lowest BCUT2D eigenvalue weighted by Gasteiger charge is -2.22. The van der Waals surface area contributed by atoms with Crippen molar-refractivity contribution in [3.8, 4) is 17.2 Å². The Bertz CT molecular complexity index is 3020. The first kappa shape index (κ1) is 51.0. The van der Waals surface area contributed by atoms with Crippen LogP contribution in [0.2, 0.25) is 0 Å². The Hall–Kier alpha value is -7.42. The van der Waals surface area contributed by atoms with Crippen molar-refractivity contribution in [2.24, 2.45) is 11.5 Å². The zero-order valence-electron chi connectivity index (χ0n) is 38.9. The van der Waals surface area contributed by atoms with Crippen LogP contribution in [-0.2, 0) is 41.6 Å². The van der Waals surface area contributed by atoms with Crippen LogP contribution in [0.1, 0.15) is 63.0 Å². The van der Waals surface area contributed by atoms with Gasteiger partial charge in [-0.3, -0.25) is 14.2 Å². The van der Waals surface area contributed by atoms with E-state index in [9.17, 15) is 29.7 Å². The van der Waals surface area contributed by atoms with E-state index in [1.54, 1.807) is 39.7 Å². The molecule has 8 rings (SSSR count). The molecule has 1 fully saturated rings. The Labute approximate surface area is 410 Å². The van der Waals surface area contributed by atoms with Gasteiger partial charge in [0.25, 0.3) is 5.91 Å². The number of rotatable bonds is 25. The molecule has 6 aromatic rings. The number of phenols is 1. The lowest BCUT2D eigenvalue weighted by molar-refractivity contribution is -0.138. The Morgan fingerprint density at radius 3 is 2.44 bits per heavy atom. The van der Waals surface area contributed by atoms with Crippen molar-refractivity contribution in [1.29, 1.82) is 0 Å². The highest BCUT2D eigenvalue weighted by Crippen LogP contribution is 2.40. The lowest BCUT2D eigenvalue weighted by atomic mass is 9.88. The molecule has 0 aliphatic carbocycles. The maximum Gasteiger partial charge on any atom is 0.336 e. The topological polar surface area (TPSA) is 352 Å². The normalized spacial score (nSPS) is 18.1. The number of imidazole rings is 1. The third-order valence-corrected chi connectivity index (χ3v) is 12.1. The predicted molar refractivity (Wildman–Crippen MR) is 255 cm³/mol. The second kappa shape index (κ2) is 23.2. The molecule has 11 N–H and O–H groups in total. The molecular formula is C48H55N11O13. The number of phenolic OH excluding ortho intramolecular Hbond substituents is 1. The second-order valence-corrected chi connectivity index (χ2v) is 17.0. The summed E-state index contributed by atoms with van der Waals surface area (Å²) in [5.74, 6) is -1.82. The maximum absolute atomic E-state index is 13.3. The average molecular weight is 994 g/mol. The number of aliphatic hydroxyl groups is 1. The number of aromatic hydroxyl groups is 1. The van der Waals surface area contributed by atoms with Crippen molar-refractivity contribution in [2.75, 3.05) is 51.9 Å². The van der Waals surface area contributed by atoms with Gasteiger partial charge in [0.1, 0.15) is 47.3 Å². The highest BCUT2D eigenvalue weighted by atomic mass is 16.6. The molecule has 24 nitrogen and oxygen atoms in total. The Balaban J connectivity index is 0.759. The van der Waals surface area contributed by atoms with E-state index < -0.39 is 54.5 Å². The minimum atomic E-state index is -1.18. The van der Waals surface area contributed by atoms with E-state index in [2.05, 4.69) is 37.2 Å². The predicted octanol–water partition coefficient (Wildman–Crippen LogP) is 0.400. The number of amides is 1. The van der Waals surface area contributed by atoms with Gasteiger partial charge in [-0.1, -0.05) is 23.9 Å². The van der Waals surface area contributed by atoms with Crippen molar-refractivity contribution in [2.45, 2.75) is 69.0 Å². The summed E-state index contributed by atoms with van der Waals surface area (Å²) >= 11 is 0. The van der Waals surface area contributed by atoms with Gasteiger partial charge in [-0.25, -0.2) is 24.4 Å². The minimum absolute atomic E-state index is 0.00958. The Kier molecular flexibility index (Phi) is 16.4. The van der Waals surface area contributed by atoms with Gasteiger partial charge >= 0.3 is 11.9 Å². The number of carboxylic acids is 2. The van der Waals surface area contributed by atoms with E-state index in [0.717, 1.165) is 0 Å². The quantitative estimate of drug-likeness (QED) is 0.0359. The van der Waals surface area contributed by atoms with Crippen LogP contribution in [0.4, 0.5) is 5.82 Å². The molecule has 24 heteroatoms. The summed E-state index contributed by atoms with van der Waals surface area (Å²) in [6.07, 6.45) is 1.18. The number of nitrogen functional groups attached to an aromatic ring is 1. The van der Waals surface area contributed by atoms with Crippen molar-refractivity contribution >= 4 is 47.0 Å². The molecule has 3 aromatic carbocycles. The number of nitrogens with zero attached hydrogens (tertiary/aromatic N) is 7. The third kappa shape index (κ3) is 11.8.